The molecule has 1 nitrogen and oxygen atoms in total. The maximum Gasteiger partial charge on any atom is 0.417 e. The van der Waals surface area contributed by atoms with Crippen LogP contribution in [0.1, 0.15) is 11.1 Å². The van der Waals surface area contributed by atoms with Crippen LogP contribution in [-0.4, -0.2) is 7.11 Å². The quantitative estimate of drug-likeness (QED) is 0.740. The van der Waals surface area contributed by atoms with E-state index in [1.54, 1.807) is 18.2 Å². The van der Waals surface area contributed by atoms with Crippen molar-refractivity contribution in [2.24, 2.45) is 0 Å². The Kier molecular flexibility index (Phi) is 3.71. The average Bonchev–Trinajstić information content (AvgIpc) is 2.45. The molecule has 0 aliphatic carbocycles. The van der Waals surface area contributed by atoms with Crippen LogP contribution in [0.4, 0.5) is 13.2 Å². The molecule has 0 spiro atoms. The van der Waals surface area contributed by atoms with Crippen molar-refractivity contribution in [1.82, 2.24) is 0 Å². The lowest BCUT2D eigenvalue weighted by Gasteiger charge is -2.14. The highest BCUT2D eigenvalue weighted by atomic mass is 19.4. The molecule has 0 heterocycles. The summed E-state index contributed by atoms with van der Waals surface area (Å²) in [7, 11) is 1.43. The van der Waals surface area contributed by atoms with Gasteiger partial charge in [0.2, 0.25) is 0 Å². The van der Waals surface area contributed by atoms with Crippen LogP contribution < -0.4 is 4.74 Å². The maximum absolute atomic E-state index is 13.0. The zero-order chi connectivity index (χ0) is 14.8. The lowest BCUT2D eigenvalue weighted by molar-refractivity contribution is -0.137. The van der Waals surface area contributed by atoms with Crippen LogP contribution >= 0.6 is 0 Å². The summed E-state index contributed by atoms with van der Waals surface area (Å²) in [4.78, 5) is 0. The molecule has 0 atom stereocenters. The van der Waals surface area contributed by atoms with E-state index in [9.17, 15) is 13.2 Å². The van der Waals surface area contributed by atoms with Crippen molar-refractivity contribution in [1.29, 1.82) is 0 Å². The van der Waals surface area contributed by atoms with Crippen LogP contribution in [0.5, 0.6) is 5.75 Å². The molecule has 0 bridgehead atoms. The number of halogens is 3. The first-order chi connectivity index (χ1) is 9.47. The van der Waals surface area contributed by atoms with E-state index in [1.807, 2.05) is 0 Å². The summed E-state index contributed by atoms with van der Waals surface area (Å²) in [6.07, 6.45) is 0.896. The molecule has 0 saturated carbocycles. The van der Waals surface area contributed by atoms with Crippen molar-refractivity contribution < 1.29 is 17.9 Å². The van der Waals surface area contributed by atoms with Gasteiger partial charge in [-0.25, -0.2) is 0 Å². The van der Waals surface area contributed by atoms with Crippen LogP contribution in [0, 0.1) is 12.3 Å². The lowest BCUT2D eigenvalue weighted by atomic mass is 9.98. The van der Waals surface area contributed by atoms with Crippen molar-refractivity contribution in [2.75, 3.05) is 7.11 Å². The predicted molar refractivity (Wildman–Crippen MR) is 71.4 cm³/mol. The summed E-state index contributed by atoms with van der Waals surface area (Å²) in [6, 6.07) is 10.0. The standard InChI is InChI=1S/C16H11F3O/c1-3-11-8-9-12(10-15(11)20-2)13-6-4-5-7-14(13)16(17,18)19/h1,4-10H,2H3. The molecule has 0 aliphatic rings. The third kappa shape index (κ3) is 2.62. The van der Waals surface area contributed by atoms with Gasteiger partial charge in [-0.05, 0) is 29.3 Å². The summed E-state index contributed by atoms with van der Waals surface area (Å²) < 4.78 is 44.1. The van der Waals surface area contributed by atoms with E-state index in [4.69, 9.17) is 11.2 Å². The van der Waals surface area contributed by atoms with Gasteiger partial charge in [0.15, 0.2) is 0 Å². The Hall–Kier alpha value is -2.41. The van der Waals surface area contributed by atoms with Gasteiger partial charge in [-0.15, -0.1) is 6.42 Å². The molecule has 0 amide bonds. The minimum Gasteiger partial charge on any atom is -0.495 e. The Labute approximate surface area is 115 Å². The number of hydrogen-bond acceptors (Lipinski definition) is 1. The normalized spacial score (nSPS) is 10.9. The minimum atomic E-state index is -4.41. The van der Waals surface area contributed by atoms with Gasteiger partial charge in [-0.1, -0.05) is 30.2 Å². The van der Waals surface area contributed by atoms with Gasteiger partial charge in [0.25, 0.3) is 0 Å². The number of methoxy groups -OCH3 is 1. The summed E-state index contributed by atoms with van der Waals surface area (Å²) >= 11 is 0. The first-order valence-electron chi connectivity index (χ1n) is 5.78. The number of alkyl halides is 3. The maximum atomic E-state index is 13.0. The van der Waals surface area contributed by atoms with Gasteiger partial charge in [0.1, 0.15) is 5.75 Å². The first-order valence-corrected chi connectivity index (χ1v) is 5.78. The van der Waals surface area contributed by atoms with Gasteiger partial charge in [-0.2, -0.15) is 13.2 Å². The zero-order valence-corrected chi connectivity index (χ0v) is 10.7. The summed E-state index contributed by atoms with van der Waals surface area (Å²) in [5.41, 5.74) is 0.326. The number of benzene rings is 2. The molecule has 0 aromatic heterocycles. The molecule has 102 valence electrons. The number of hydrogen-bond donors (Lipinski definition) is 0. The topological polar surface area (TPSA) is 9.23 Å². The number of ether oxygens (including phenoxy) is 1. The van der Waals surface area contributed by atoms with Crippen LogP contribution in [0.15, 0.2) is 42.5 Å². The van der Waals surface area contributed by atoms with Crippen LogP contribution in [0.25, 0.3) is 11.1 Å². The lowest BCUT2D eigenvalue weighted by Crippen LogP contribution is -2.06. The van der Waals surface area contributed by atoms with Crippen molar-refractivity contribution in [2.45, 2.75) is 6.18 Å². The van der Waals surface area contributed by atoms with Gasteiger partial charge in [0.05, 0.1) is 18.2 Å². The molecule has 20 heavy (non-hydrogen) atoms. The molecule has 0 aliphatic heterocycles. The Balaban J connectivity index is 2.61. The average molecular weight is 276 g/mol. The minimum absolute atomic E-state index is 0.0990. The van der Waals surface area contributed by atoms with E-state index < -0.39 is 11.7 Å². The molecule has 2 aromatic carbocycles. The number of rotatable bonds is 2. The van der Waals surface area contributed by atoms with Gasteiger partial charge in [0, 0.05) is 0 Å². The highest BCUT2D eigenvalue weighted by Gasteiger charge is 2.33. The van der Waals surface area contributed by atoms with Gasteiger partial charge >= 0.3 is 6.18 Å². The second kappa shape index (κ2) is 5.30. The van der Waals surface area contributed by atoms with Crippen molar-refractivity contribution in [3.05, 3.63) is 53.6 Å². The van der Waals surface area contributed by atoms with Gasteiger partial charge in [-0.3, -0.25) is 0 Å². The highest BCUT2D eigenvalue weighted by Crippen LogP contribution is 2.38. The molecule has 0 radical (unpaired) electrons. The fourth-order valence-electron chi connectivity index (χ4n) is 1.96. The number of terminal acetylenes is 1. The molecule has 0 unspecified atom stereocenters. The molecule has 0 fully saturated rings. The predicted octanol–water partition coefficient (Wildman–Crippen LogP) is 4.36. The fourth-order valence-corrected chi connectivity index (χ4v) is 1.96. The first kappa shape index (κ1) is 14.0. The van der Waals surface area contributed by atoms with E-state index in [0.717, 1.165) is 6.07 Å². The van der Waals surface area contributed by atoms with E-state index in [2.05, 4.69) is 5.92 Å². The van der Waals surface area contributed by atoms with Crippen LogP contribution in [0.3, 0.4) is 0 Å². The molecule has 2 aromatic rings. The Bertz CT molecular complexity index is 666. The zero-order valence-electron chi connectivity index (χ0n) is 10.7. The van der Waals surface area contributed by atoms with Crippen molar-refractivity contribution in [3.63, 3.8) is 0 Å². The summed E-state index contributed by atoms with van der Waals surface area (Å²) in [5.74, 6) is 2.80. The molecular formula is C16H11F3O. The molecule has 0 N–H and O–H groups in total. The Morgan fingerprint density at radius 2 is 1.80 bits per heavy atom. The third-order valence-corrected chi connectivity index (χ3v) is 2.90. The molecular weight excluding hydrogens is 265 g/mol. The Morgan fingerprint density at radius 3 is 2.40 bits per heavy atom. The van der Waals surface area contributed by atoms with E-state index in [0.29, 0.717) is 16.9 Å². The van der Waals surface area contributed by atoms with Gasteiger partial charge < -0.3 is 4.74 Å². The van der Waals surface area contributed by atoms with E-state index in [-0.39, 0.29) is 5.56 Å². The van der Waals surface area contributed by atoms with E-state index >= 15 is 0 Å². The Morgan fingerprint density at radius 1 is 1.10 bits per heavy atom. The monoisotopic (exact) mass is 276 g/mol. The second-order valence-corrected chi connectivity index (χ2v) is 4.10. The molecule has 0 saturated heterocycles. The highest BCUT2D eigenvalue weighted by molar-refractivity contribution is 5.71. The van der Waals surface area contributed by atoms with Crippen LogP contribution in [0.2, 0.25) is 0 Å². The summed E-state index contributed by atoms with van der Waals surface area (Å²) in [5, 5.41) is 0. The SMILES string of the molecule is C#Cc1ccc(-c2ccccc2C(F)(F)F)cc1OC. The fraction of sp³-hybridized carbons (Fsp3) is 0.125. The van der Waals surface area contributed by atoms with Crippen LogP contribution in [-0.2, 0) is 6.18 Å². The largest absolute Gasteiger partial charge is 0.495 e. The summed E-state index contributed by atoms with van der Waals surface area (Å²) in [6.45, 7) is 0. The van der Waals surface area contributed by atoms with Crippen molar-refractivity contribution >= 4 is 0 Å². The molecule has 4 heteroatoms. The molecule has 2 rings (SSSR count). The smallest absolute Gasteiger partial charge is 0.417 e. The van der Waals surface area contributed by atoms with Crippen molar-refractivity contribution in [3.8, 4) is 29.2 Å². The van der Waals surface area contributed by atoms with E-state index in [1.165, 1.54) is 25.3 Å². The second-order valence-electron chi connectivity index (χ2n) is 4.10. The third-order valence-electron chi connectivity index (χ3n) is 2.90.